The van der Waals surface area contributed by atoms with Gasteiger partial charge in [-0.3, -0.25) is 14.9 Å². The van der Waals surface area contributed by atoms with Crippen LogP contribution in [-0.4, -0.2) is 41.8 Å². The van der Waals surface area contributed by atoms with Gasteiger partial charge in [-0.15, -0.1) is 0 Å². The fourth-order valence-corrected chi connectivity index (χ4v) is 4.13. The van der Waals surface area contributed by atoms with E-state index >= 15 is 0 Å². The molecule has 114 valence electrons. The van der Waals surface area contributed by atoms with Gasteiger partial charge in [0.25, 0.3) is 5.69 Å². The number of carboxylic acid groups (broad SMARTS) is 1. The molecular formula is C12H14N2O6S. The predicted molar refractivity (Wildman–Crippen MR) is 72.1 cm³/mol. The number of nitro groups is 1. The average molecular weight is 314 g/mol. The molecule has 0 spiro atoms. The summed E-state index contributed by atoms with van der Waals surface area (Å²) in [5, 5.41) is 20.0. The van der Waals surface area contributed by atoms with Crippen LogP contribution in [0.3, 0.4) is 0 Å². The highest BCUT2D eigenvalue weighted by Crippen LogP contribution is 2.32. The standard InChI is InChI=1S/C12H14N2O6S/c1-8-6-13(7-9(8)12(15)16)21(19,20)11-5-3-2-4-10(11)14(17)18/h2-5,8-9H,6-7H2,1H3,(H,15,16)/t8-,9-/m1/s1. The highest BCUT2D eigenvalue weighted by Gasteiger charge is 2.42. The van der Waals surface area contributed by atoms with Gasteiger partial charge < -0.3 is 5.11 Å². The number of nitro benzene ring substituents is 1. The topological polar surface area (TPSA) is 118 Å². The highest BCUT2D eigenvalue weighted by molar-refractivity contribution is 7.89. The zero-order valence-electron chi connectivity index (χ0n) is 11.2. The van der Waals surface area contributed by atoms with E-state index in [1.165, 1.54) is 12.1 Å². The molecule has 1 aromatic rings. The molecule has 8 nitrogen and oxygen atoms in total. The van der Waals surface area contributed by atoms with Crippen molar-refractivity contribution in [1.82, 2.24) is 4.31 Å². The molecule has 1 aliphatic heterocycles. The second kappa shape index (κ2) is 5.41. The van der Waals surface area contributed by atoms with Gasteiger partial charge in [0, 0.05) is 19.2 Å². The van der Waals surface area contributed by atoms with E-state index in [4.69, 9.17) is 5.11 Å². The summed E-state index contributed by atoms with van der Waals surface area (Å²) in [5.74, 6) is -2.22. The lowest BCUT2D eigenvalue weighted by Crippen LogP contribution is -2.30. The van der Waals surface area contributed by atoms with Crippen molar-refractivity contribution in [2.24, 2.45) is 11.8 Å². The third-order valence-electron chi connectivity index (χ3n) is 3.58. The second-order valence-corrected chi connectivity index (χ2v) is 6.88. The Morgan fingerprint density at radius 3 is 2.52 bits per heavy atom. The summed E-state index contributed by atoms with van der Waals surface area (Å²) in [7, 11) is -4.09. The Morgan fingerprint density at radius 1 is 1.38 bits per heavy atom. The van der Waals surface area contributed by atoms with Gasteiger partial charge in [0.2, 0.25) is 10.0 Å². The summed E-state index contributed by atoms with van der Waals surface area (Å²) in [6.07, 6.45) is 0. The van der Waals surface area contributed by atoms with Crippen LogP contribution in [-0.2, 0) is 14.8 Å². The van der Waals surface area contributed by atoms with E-state index < -0.39 is 37.4 Å². The molecule has 1 saturated heterocycles. The number of carboxylic acids is 1. The first-order chi connectivity index (χ1) is 9.75. The average Bonchev–Trinajstić information content (AvgIpc) is 2.81. The Hall–Kier alpha value is -2.00. The van der Waals surface area contributed by atoms with Crippen LogP contribution < -0.4 is 0 Å². The number of rotatable bonds is 4. The molecule has 1 fully saturated rings. The molecular weight excluding hydrogens is 300 g/mol. The Balaban J connectivity index is 2.41. The van der Waals surface area contributed by atoms with E-state index in [0.717, 1.165) is 16.4 Å². The highest BCUT2D eigenvalue weighted by atomic mass is 32.2. The Bertz CT molecular complexity index is 687. The van der Waals surface area contributed by atoms with Gasteiger partial charge in [-0.25, -0.2) is 8.42 Å². The Labute approximate surface area is 121 Å². The molecule has 0 saturated carbocycles. The van der Waals surface area contributed by atoms with Crippen molar-refractivity contribution >= 4 is 21.7 Å². The Morgan fingerprint density at radius 2 is 2.00 bits per heavy atom. The third kappa shape index (κ3) is 2.74. The lowest BCUT2D eigenvalue weighted by molar-refractivity contribution is -0.387. The first-order valence-corrected chi connectivity index (χ1v) is 7.65. The Kier molecular flexibility index (Phi) is 3.97. The maximum atomic E-state index is 12.5. The lowest BCUT2D eigenvalue weighted by atomic mass is 9.99. The van der Waals surface area contributed by atoms with Crippen molar-refractivity contribution in [2.75, 3.05) is 13.1 Å². The van der Waals surface area contributed by atoms with Gasteiger partial charge in [-0.2, -0.15) is 4.31 Å². The van der Waals surface area contributed by atoms with Crippen molar-refractivity contribution < 1.29 is 23.2 Å². The van der Waals surface area contributed by atoms with Gasteiger partial charge >= 0.3 is 5.97 Å². The van der Waals surface area contributed by atoms with Crippen LogP contribution in [0.1, 0.15) is 6.92 Å². The van der Waals surface area contributed by atoms with Crippen LogP contribution in [0.2, 0.25) is 0 Å². The van der Waals surface area contributed by atoms with Gasteiger partial charge in [-0.05, 0) is 12.0 Å². The van der Waals surface area contributed by atoms with Crippen molar-refractivity contribution in [2.45, 2.75) is 11.8 Å². The van der Waals surface area contributed by atoms with E-state index in [0.29, 0.717) is 0 Å². The smallest absolute Gasteiger partial charge is 0.308 e. The summed E-state index contributed by atoms with van der Waals surface area (Å²) in [6.45, 7) is 1.50. The molecule has 0 amide bonds. The quantitative estimate of drug-likeness (QED) is 0.652. The summed E-state index contributed by atoms with van der Waals surface area (Å²) in [4.78, 5) is 20.8. The van der Waals surface area contributed by atoms with E-state index in [9.17, 15) is 23.3 Å². The van der Waals surface area contributed by atoms with Crippen LogP contribution in [0.25, 0.3) is 0 Å². The molecule has 0 bridgehead atoms. The number of hydrogen-bond acceptors (Lipinski definition) is 5. The second-order valence-electron chi connectivity index (χ2n) is 4.97. The molecule has 0 radical (unpaired) electrons. The van der Waals surface area contributed by atoms with Crippen LogP contribution in [0.5, 0.6) is 0 Å². The van der Waals surface area contributed by atoms with Gasteiger partial charge in [0.1, 0.15) is 0 Å². The van der Waals surface area contributed by atoms with Crippen LogP contribution in [0.15, 0.2) is 29.2 Å². The summed E-state index contributed by atoms with van der Waals surface area (Å²) in [6, 6.07) is 5.05. The number of nitrogens with zero attached hydrogens (tertiary/aromatic N) is 2. The summed E-state index contributed by atoms with van der Waals surface area (Å²) in [5.41, 5.74) is -0.510. The number of benzene rings is 1. The number of aliphatic carboxylic acids is 1. The minimum Gasteiger partial charge on any atom is -0.481 e. The van der Waals surface area contributed by atoms with Crippen LogP contribution in [0, 0.1) is 22.0 Å². The number of carbonyl (C=O) groups is 1. The monoisotopic (exact) mass is 314 g/mol. The van der Waals surface area contributed by atoms with E-state index in [-0.39, 0.29) is 19.0 Å². The maximum absolute atomic E-state index is 12.5. The van der Waals surface area contributed by atoms with Crippen molar-refractivity contribution in [3.05, 3.63) is 34.4 Å². The lowest BCUT2D eigenvalue weighted by Gasteiger charge is -2.15. The molecule has 1 aromatic carbocycles. The molecule has 0 aromatic heterocycles. The molecule has 9 heteroatoms. The first kappa shape index (κ1) is 15.4. The fourth-order valence-electron chi connectivity index (χ4n) is 2.41. The minimum atomic E-state index is -4.09. The van der Waals surface area contributed by atoms with Gasteiger partial charge in [-0.1, -0.05) is 19.1 Å². The normalized spacial score (nSPS) is 23.1. The third-order valence-corrected chi connectivity index (χ3v) is 5.45. The van der Waals surface area contributed by atoms with E-state index in [2.05, 4.69) is 0 Å². The fraction of sp³-hybridized carbons (Fsp3) is 0.417. The SMILES string of the molecule is C[C@@H]1CN(S(=O)(=O)c2ccccc2[N+](=O)[O-])C[C@H]1C(=O)O. The molecule has 21 heavy (non-hydrogen) atoms. The van der Waals surface area contributed by atoms with Crippen LogP contribution >= 0.6 is 0 Å². The van der Waals surface area contributed by atoms with Crippen LogP contribution in [0.4, 0.5) is 5.69 Å². The minimum absolute atomic E-state index is 0.0331. The van der Waals surface area contributed by atoms with E-state index in [1.54, 1.807) is 6.92 Å². The van der Waals surface area contributed by atoms with Crippen molar-refractivity contribution in [3.63, 3.8) is 0 Å². The number of para-hydroxylation sites is 1. The molecule has 2 atom stereocenters. The maximum Gasteiger partial charge on any atom is 0.308 e. The number of hydrogen-bond donors (Lipinski definition) is 1. The molecule has 0 unspecified atom stereocenters. The summed E-state index contributed by atoms with van der Waals surface area (Å²) >= 11 is 0. The largest absolute Gasteiger partial charge is 0.481 e. The zero-order valence-corrected chi connectivity index (χ0v) is 12.0. The van der Waals surface area contributed by atoms with Gasteiger partial charge in [0.05, 0.1) is 10.8 Å². The van der Waals surface area contributed by atoms with Gasteiger partial charge in [0.15, 0.2) is 4.90 Å². The molecule has 2 rings (SSSR count). The van der Waals surface area contributed by atoms with Crippen molar-refractivity contribution in [3.8, 4) is 0 Å². The molecule has 1 aliphatic rings. The molecule has 0 aliphatic carbocycles. The number of sulfonamides is 1. The predicted octanol–water partition coefficient (Wildman–Crippen LogP) is 0.936. The molecule has 1 N–H and O–H groups in total. The first-order valence-electron chi connectivity index (χ1n) is 6.21. The zero-order chi connectivity index (χ0) is 15.8. The summed E-state index contributed by atoms with van der Waals surface area (Å²) < 4.78 is 26.0. The van der Waals surface area contributed by atoms with Crippen molar-refractivity contribution in [1.29, 1.82) is 0 Å². The molecule has 1 heterocycles. The van der Waals surface area contributed by atoms with E-state index in [1.807, 2.05) is 0 Å².